The van der Waals surface area contributed by atoms with Gasteiger partial charge in [0.2, 0.25) is 0 Å². The number of anilines is 2. The van der Waals surface area contributed by atoms with Crippen molar-refractivity contribution in [2.75, 3.05) is 9.80 Å². The molecular weight excluding hydrogens is 1320 g/mol. The molecule has 0 radical (unpaired) electrons. The van der Waals surface area contributed by atoms with Crippen LogP contribution in [0, 0.1) is 27.7 Å². The fraction of sp³-hybridized carbons (Fsp3) is 0.130. The molecule has 17 rings (SSSR count). The number of aryl methyl sites for hydroxylation is 12. The van der Waals surface area contributed by atoms with Gasteiger partial charge in [0.05, 0.1) is 33.6 Å². The molecule has 4 amide bonds. The number of fused-ring (bicyclic) bond motifs is 2. The maximum Gasteiger partial charge on any atom is 0.266 e. The number of hydrogen-bond donors (Lipinski definition) is 0. The van der Waals surface area contributed by atoms with E-state index in [2.05, 4.69) is 19.9 Å². The second-order valence-electron chi connectivity index (χ2n) is 27.3. The highest BCUT2D eigenvalue weighted by atomic mass is 16.5. The van der Waals surface area contributed by atoms with Crippen LogP contribution in [0.5, 0.6) is 46.0 Å². The fourth-order valence-electron chi connectivity index (χ4n) is 15.4. The van der Waals surface area contributed by atoms with E-state index in [-0.39, 0.29) is 45.3 Å². The summed E-state index contributed by atoms with van der Waals surface area (Å²) in [6, 6.07) is 65.5. The zero-order valence-corrected chi connectivity index (χ0v) is 58.9. The van der Waals surface area contributed by atoms with Crippen LogP contribution in [-0.4, -0.2) is 43.6 Å². The van der Waals surface area contributed by atoms with Crippen LogP contribution in [0.2, 0.25) is 0 Å². The number of nitrogens with zero attached hydrogens (tertiary/aromatic N) is 6. The first-order valence-electron chi connectivity index (χ1n) is 35.8. The molecule has 15 aromatic rings. The lowest BCUT2D eigenvalue weighted by Crippen LogP contribution is -2.42. The summed E-state index contributed by atoms with van der Waals surface area (Å²) in [5, 5.41) is 3.19. The summed E-state index contributed by atoms with van der Waals surface area (Å²) < 4.78 is 29.9. The van der Waals surface area contributed by atoms with E-state index >= 15 is 19.2 Å². The summed E-state index contributed by atoms with van der Waals surface area (Å²) >= 11 is 0. The van der Waals surface area contributed by atoms with Gasteiger partial charge in [-0.25, -0.2) is 9.80 Å². The summed E-state index contributed by atoms with van der Waals surface area (Å²) in [7, 11) is 0. The predicted octanol–water partition coefficient (Wildman–Crippen LogP) is 20.5. The van der Waals surface area contributed by atoms with Crippen molar-refractivity contribution in [2.24, 2.45) is 0 Å². The summed E-state index contributed by atoms with van der Waals surface area (Å²) in [5.41, 5.74) is 12.3. The summed E-state index contributed by atoms with van der Waals surface area (Å²) in [6.45, 7) is 7.83. The third kappa shape index (κ3) is 12.0. The van der Waals surface area contributed by atoms with Gasteiger partial charge in [-0.2, -0.15) is 0 Å². The number of aromatic nitrogens is 4. The molecule has 0 bridgehead atoms. The highest BCUT2D eigenvalue weighted by Gasteiger charge is 2.44. The van der Waals surface area contributed by atoms with Gasteiger partial charge in [0.25, 0.3) is 23.6 Å². The molecule has 6 heterocycles. The first kappa shape index (κ1) is 66.1. The normalized spacial score (nSPS) is 12.7. The maximum atomic E-state index is 16.9. The first-order chi connectivity index (χ1) is 51.9. The van der Waals surface area contributed by atoms with Gasteiger partial charge in [-0.3, -0.25) is 39.1 Å². The van der Waals surface area contributed by atoms with Gasteiger partial charge in [-0.15, -0.1) is 0 Å². The van der Waals surface area contributed by atoms with Crippen molar-refractivity contribution < 1.29 is 38.1 Å². The quantitative estimate of drug-likeness (QED) is 0.0359. The van der Waals surface area contributed by atoms with Crippen molar-refractivity contribution >= 4 is 78.1 Å². The molecule has 14 heteroatoms. The number of amides is 4. The van der Waals surface area contributed by atoms with Crippen molar-refractivity contribution in [2.45, 2.75) is 79.1 Å². The van der Waals surface area contributed by atoms with E-state index in [1.807, 2.05) is 210 Å². The lowest BCUT2D eigenvalue weighted by molar-refractivity contribution is 0.0877. The molecule has 0 N–H and O–H groups in total. The topological polar surface area (TPSA) is 163 Å². The molecule has 516 valence electrons. The Balaban J connectivity index is 0.994. The SMILES string of the molecule is Cc1ccccc1Oc1cc2c3c(cc(Oc4ccccc4C)c4c5c(Oc6ccccc6C)cc6c7c(cc(Oc8ccccc8C)c(c1c34)c75)C(=O)N(c1c(CCc3ccncc3)cccc1CCc1ccncc1)C6=O)C(=O)N(c1c(CCc3ccncc3)cccc1CCc1ccncc1)C2=O. The van der Waals surface area contributed by atoms with Gasteiger partial charge in [-0.1, -0.05) is 109 Å². The molecule has 0 unspecified atom stereocenters. The van der Waals surface area contributed by atoms with E-state index in [0.29, 0.717) is 129 Å². The standard InChI is InChI=1S/C92H70N6O8/c1-55-15-5-9-23-71(55)103-75-51-67-79-68(90(100)97(89(67)99)87-63(31-27-59-35-43-93-44-36-59)19-13-20-64(87)32-28-60-37-45-94-46-38-60)53-77(105-73-25-11-7-17-57(73)3)83-84-78(106-74-26-12-8-18-58(74)4)54-70-80-69(52-76(82(86(80)84)81(75)85(79)83)104-72-24-10-6-16-56(72)2)91(101)98(92(70)102)88-65(33-29-61-39-47-95-48-40-61)21-14-22-66(88)34-30-62-41-49-96-50-42-62/h5-26,35-54H,27-34H2,1-4H3. The Morgan fingerprint density at radius 3 is 0.698 bits per heavy atom. The minimum absolute atomic E-state index is 0.185. The highest BCUT2D eigenvalue weighted by molar-refractivity contribution is 6.48. The minimum Gasteiger partial charge on any atom is -0.456 e. The zero-order valence-electron chi connectivity index (χ0n) is 58.9. The molecule has 0 saturated carbocycles. The second-order valence-corrected chi connectivity index (χ2v) is 27.3. The Kier molecular flexibility index (Phi) is 17.4. The molecule has 2 aliphatic rings. The number of carbonyl (C=O) groups is 4. The minimum atomic E-state index is -0.569. The number of hydrogen-bond acceptors (Lipinski definition) is 12. The number of imide groups is 2. The Morgan fingerprint density at radius 2 is 0.472 bits per heavy atom. The molecule has 0 aliphatic carbocycles. The summed E-state index contributed by atoms with van der Waals surface area (Å²) in [6.07, 6.45) is 18.5. The number of rotatable bonds is 22. The van der Waals surface area contributed by atoms with Crippen molar-refractivity contribution in [3.63, 3.8) is 0 Å². The molecule has 106 heavy (non-hydrogen) atoms. The maximum absolute atomic E-state index is 16.9. The second kappa shape index (κ2) is 27.9. The number of pyridine rings is 4. The summed E-state index contributed by atoms with van der Waals surface area (Å²) in [4.78, 5) is 87.5. The molecular formula is C92H70N6O8. The first-order valence-corrected chi connectivity index (χ1v) is 35.8. The fourth-order valence-corrected chi connectivity index (χ4v) is 15.4. The van der Waals surface area contributed by atoms with Gasteiger partial charge in [0.15, 0.2) is 0 Å². The van der Waals surface area contributed by atoms with Crippen LogP contribution in [0.4, 0.5) is 11.4 Å². The third-order valence-corrected chi connectivity index (χ3v) is 20.7. The van der Waals surface area contributed by atoms with E-state index in [9.17, 15) is 0 Å². The lowest BCUT2D eigenvalue weighted by atomic mass is 9.80. The largest absolute Gasteiger partial charge is 0.456 e. The van der Waals surface area contributed by atoms with Gasteiger partial charge in [0.1, 0.15) is 46.0 Å². The third-order valence-electron chi connectivity index (χ3n) is 20.7. The van der Waals surface area contributed by atoms with Crippen LogP contribution < -0.4 is 28.7 Å². The number of para-hydroxylation sites is 6. The molecule has 2 aliphatic heterocycles. The lowest BCUT2D eigenvalue weighted by Gasteiger charge is -2.34. The molecule has 11 aromatic carbocycles. The average molecular weight is 1390 g/mol. The van der Waals surface area contributed by atoms with E-state index < -0.39 is 23.6 Å². The van der Waals surface area contributed by atoms with Gasteiger partial charge >= 0.3 is 0 Å². The van der Waals surface area contributed by atoms with Crippen LogP contribution in [-0.2, 0) is 51.4 Å². The van der Waals surface area contributed by atoms with Crippen molar-refractivity contribution in [1.82, 2.24) is 19.9 Å². The van der Waals surface area contributed by atoms with E-state index in [1.54, 1.807) is 73.8 Å². The van der Waals surface area contributed by atoms with Crippen molar-refractivity contribution in [3.8, 4) is 46.0 Å². The van der Waals surface area contributed by atoms with Gasteiger partial charge < -0.3 is 18.9 Å². The molecule has 0 fully saturated rings. The zero-order chi connectivity index (χ0) is 72.1. The Morgan fingerprint density at radius 1 is 0.245 bits per heavy atom. The van der Waals surface area contributed by atoms with Gasteiger partial charge in [-0.05, 0) is 243 Å². The van der Waals surface area contributed by atoms with Crippen LogP contribution in [0.15, 0.2) is 256 Å². The average Bonchev–Trinajstić information content (AvgIpc) is 0.670. The summed E-state index contributed by atoms with van der Waals surface area (Å²) in [5.74, 6) is 0.556. The van der Waals surface area contributed by atoms with Crippen LogP contribution in [0.3, 0.4) is 0 Å². The number of carbonyl (C=O) groups excluding carboxylic acids is 4. The number of benzene rings is 11. The molecule has 4 aromatic heterocycles. The van der Waals surface area contributed by atoms with Crippen molar-refractivity contribution in [1.29, 1.82) is 0 Å². The predicted molar refractivity (Wildman–Crippen MR) is 414 cm³/mol. The Labute approximate surface area is 612 Å². The highest BCUT2D eigenvalue weighted by Crippen LogP contribution is 2.59. The molecule has 0 atom stereocenters. The van der Waals surface area contributed by atoms with Crippen LogP contribution >= 0.6 is 0 Å². The van der Waals surface area contributed by atoms with E-state index in [0.717, 1.165) is 66.8 Å². The Bertz CT molecular complexity index is 5300. The smallest absolute Gasteiger partial charge is 0.266 e. The monoisotopic (exact) mass is 1390 g/mol. The Hall–Kier alpha value is -13.2. The van der Waals surface area contributed by atoms with Gasteiger partial charge in [0, 0.05) is 92.7 Å². The van der Waals surface area contributed by atoms with Crippen LogP contribution in [0.25, 0.3) is 43.1 Å². The van der Waals surface area contributed by atoms with Crippen molar-refractivity contribution in [3.05, 3.63) is 345 Å². The van der Waals surface area contributed by atoms with Crippen LogP contribution in [0.1, 0.15) is 108 Å². The number of ether oxygens (including phenoxy) is 4. The molecule has 0 spiro atoms. The van der Waals surface area contributed by atoms with E-state index in [4.69, 9.17) is 18.9 Å². The molecule has 14 nitrogen and oxygen atoms in total. The molecule has 0 saturated heterocycles. The van der Waals surface area contributed by atoms with E-state index in [1.165, 1.54) is 9.80 Å².